The minimum absolute atomic E-state index is 0.225. The Morgan fingerprint density at radius 1 is 1.04 bits per heavy atom. The Hall–Kier alpha value is -1.70. The quantitative estimate of drug-likeness (QED) is 0.732. The van der Waals surface area contributed by atoms with E-state index in [-0.39, 0.29) is 23.8 Å². The van der Waals surface area contributed by atoms with Crippen LogP contribution in [0.15, 0.2) is 18.2 Å². The molecular formula is C20H30ClFN2O4. The summed E-state index contributed by atoms with van der Waals surface area (Å²) in [6.45, 7) is 0.146. The lowest BCUT2D eigenvalue weighted by molar-refractivity contribution is -0.123. The van der Waals surface area contributed by atoms with Crippen LogP contribution in [0.5, 0.6) is 0 Å². The fraction of sp³-hybridized carbons (Fsp3) is 0.600. The van der Waals surface area contributed by atoms with Crippen molar-refractivity contribution in [1.82, 2.24) is 9.80 Å². The third-order valence-corrected chi connectivity index (χ3v) is 6.06. The van der Waals surface area contributed by atoms with Crippen molar-refractivity contribution < 1.29 is 24.2 Å². The van der Waals surface area contributed by atoms with Crippen LogP contribution in [-0.2, 0) is 16.1 Å². The van der Waals surface area contributed by atoms with Crippen LogP contribution in [0.3, 0.4) is 0 Å². The molecule has 158 valence electrons. The fourth-order valence-electron chi connectivity index (χ4n) is 4.40. The van der Waals surface area contributed by atoms with E-state index < -0.39 is 0 Å². The monoisotopic (exact) mass is 416 g/mol. The zero-order valence-corrected chi connectivity index (χ0v) is 17.3. The molecule has 1 aromatic rings. The van der Waals surface area contributed by atoms with Gasteiger partial charge < -0.3 is 15.1 Å². The van der Waals surface area contributed by atoms with Crippen molar-refractivity contribution in [2.75, 3.05) is 21.1 Å². The lowest BCUT2D eigenvalue weighted by Crippen LogP contribution is -2.31. The van der Waals surface area contributed by atoms with E-state index in [1.54, 1.807) is 6.07 Å². The minimum atomic E-state index is -0.262. The average Bonchev–Trinajstić information content (AvgIpc) is 3.19. The molecule has 0 amide bonds. The summed E-state index contributed by atoms with van der Waals surface area (Å²) in [5.74, 6) is 1.44. The van der Waals surface area contributed by atoms with E-state index in [4.69, 9.17) is 31.4 Å². The summed E-state index contributed by atoms with van der Waals surface area (Å²) in [7, 11) is 6.50. The van der Waals surface area contributed by atoms with E-state index in [1.165, 1.54) is 25.7 Å². The normalized spacial score (nSPS) is 25.4. The molecule has 0 heterocycles. The first-order chi connectivity index (χ1) is 13.3. The number of carbonyl (C=O) groups is 2. The number of carboxylic acid groups (broad SMARTS) is 2. The highest BCUT2D eigenvalue weighted by Gasteiger charge is 2.43. The van der Waals surface area contributed by atoms with Gasteiger partial charge >= 0.3 is 0 Å². The van der Waals surface area contributed by atoms with E-state index in [1.807, 2.05) is 12.1 Å². The van der Waals surface area contributed by atoms with Gasteiger partial charge in [-0.05, 0) is 64.7 Å². The molecule has 0 aromatic heterocycles. The molecule has 4 atom stereocenters. The smallest absolute Gasteiger partial charge is 0.290 e. The van der Waals surface area contributed by atoms with Gasteiger partial charge in [0.25, 0.3) is 12.9 Å². The molecule has 2 aliphatic rings. The van der Waals surface area contributed by atoms with Crippen molar-refractivity contribution in [3.63, 3.8) is 0 Å². The van der Waals surface area contributed by atoms with Gasteiger partial charge in [0.05, 0.1) is 5.02 Å². The number of fused-ring (bicyclic) bond motifs is 1. The van der Waals surface area contributed by atoms with E-state index in [0.29, 0.717) is 18.2 Å². The van der Waals surface area contributed by atoms with E-state index >= 15 is 0 Å². The molecular weight excluding hydrogens is 387 g/mol. The largest absolute Gasteiger partial charge is 0.483 e. The summed E-state index contributed by atoms with van der Waals surface area (Å²) in [6.07, 6.45) is 5.17. The van der Waals surface area contributed by atoms with Crippen LogP contribution in [0.25, 0.3) is 0 Å². The van der Waals surface area contributed by atoms with Crippen molar-refractivity contribution in [2.45, 2.75) is 44.3 Å². The maximum atomic E-state index is 14.1. The van der Waals surface area contributed by atoms with Crippen LogP contribution in [-0.4, -0.2) is 66.2 Å². The van der Waals surface area contributed by atoms with Gasteiger partial charge in [0.2, 0.25) is 0 Å². The van der Waals surface area contributed by atoms with Crippen LogP contribution in [0.2, 0.25) is 5.02 Å². The average molecular weight is 417 g/mol. The Labute approximate surface area is 170 Å². The predicted molar refractivity (Wildman–Crippen MR) is 107 cm³/mol. The van der Waals surface area contributed by atoms with Gasteiger partial charge in [0, 0.05) is 24.2 Å². The summed E-state index contributed by atoms with van der Waals surface area (Å²) in [4.78, 5) is 21.4. The summed E-state index contributed by atoms with van der Waals surface area (Å²) in [6, 6.07) is 6.62. The molecule has 6 nitrogen and oxygen atoms in total. The number of hydrogen-bond donors (Lipinski definition) is 2. The molecule has 2 fully saturated rings. The highest BCUT2D eigenvalue weighted by atomic mass is 35.5. The molecule has 28 heavy (non-hydrogen) atoms. The second kappa shape index (κ2) is 12.0. The first-order valence-electron chi connectivity index (χ1n) is 9.24. The molecule has 2 N–H and O–H groups in total. The van der Waals surface area contributed by atoms with E-state index in [2.05, 4.69) is 30.9 Å². The Balaban J connectivity index is 0.000000582. The number of benzene rings is 1. The van der Waals surface area contributed by atoms with Gasteiger partial charge in [-0.3, -0.25) is 14.5 Å². The summed E-state index contributed by atoms with van der Waals surface area (Å²) >= 11 is 5.88. The van der Waals surface area contributed by atoms with E-state index in [9.17, 15) is 4.39 Å². The summed E-state index contributed by atoms with van der Waals surface area (Å²) in [5.41, 5.74) is 0.707. The van der Waals surface area contributed by atoms with Crippen molar-refractivity contribution in [1.29, 1.82) is 0 Å². The van der Waals surface area contributed by atoms with Crippen molar-refractivity contribution in [2.24, 2.45) is 11.8 Å². The van der Waals surface area contributed by atoms with Gasteiger partial charge in [-0.15, -0.1) is 0 Å². The zero-order valence-electron chi connectivity index (χ0n) is 16.6. The molecule has 0 bridgehead atoms. The molecule has 2 saturated carbocycles. The third-order valence-electron chi connectivity index (χ3n) is 5.77. The van der Waals surface area contributed by atoms with Crippen LogP contribution in [0, 0.1) is 17.7 Å². The Kier molecular flexibility index (Phi) is 10.4. The van der Waals surface area contributed by atoms with Crippen LogP contribution < -0.4 is 0 Å². The van der Waals surface area contributed by atoms with Crippen molar-refractivity contribution in [3.05, 3.63) is 34.6 Å². The summed E-state index contributed by atoms with van der Waals surface area (Å²) in [5, 5.41) is 14.0. The molecule has 0 spiro atoms. The molecule has 0 aliphatic heterocycles. The van der Waals surface area contributed by atoms with Gasteiger partial charge in [0.15, 0.2) is 0 Å². The van der Waals surface area contributed by atoms with Gasteiger partial charge in [0.1, 0.15) is 5.82 Å². The molecule has 0 saturated heterocycles. The van der Waals surface area contributed by atoms with Gasteiger partial charge in [-0.2, -0.15) is 0 Å². The minimum Gasteiger partial charge on any atom is -0.483 e. The van der Waals surface area contributed by atoms with Crippen molar-refractivity contribution in [3.8, 4) is 0 Å². The Bertz CT molecular complexity index is 612. The summed E-state index contributed by atoms with van der Waals surface area (Å²) < 4.78 is 14.1. The van der Waals surface area contributed by atoms with Crippen molar-refractivity contribution >= 4 is 24.5 Å². The van der Waals surface area contributed by atoms with Crippen LogP contribution >= 0.6 is 11.6 Å². The number of rotatable bonds is 4. The SMILES string of the molecule is CN(C)C1C[C@@H]2CC(N(C)Cc3cccc(Cl)c3F)C[C@@H]2C1.O=CO.O=CO. The second-order valence-corrected chi connectivity index (χ2v) is 7.98. The highest BCUT2D eigenvalue weighted by Crippen LogP contribution is 2.46. The first-order valence-corrected chi connectivity index (χ1v) is 9.61. The van der Waals surface area contributed by atoms with Crippen LogP contribution in [0.1, 0.15) is 31.2 Å². The van der Waals surface area contributed by atoms with Gasteiger partial charge in [-0.1, -0.05) is 23.7 Å². The van der Waals surface area contributed by atoms with Crippen LogP contribution in [0.4, 0.5) is 4.39 Å². The predicted octanol–water partition coefficient (Wildman–Crippen LogP) is 3.43. The van der Waals surface area contributed by atoms with E-state index in [0.717, 1.165) is 17.9 Å². The lowest BCUT2D eigenvalue weighted by atomic mass is 10.0. The first kappa shape index (κ1) is 24.3. The Morgan fingerprint density at radius 2 is 1.50 bits per heavy atom. The number of nitrogens with zero attached hydrogens (tertiary/aromatic N) is 2. The molecule has 2 unspecified atom stereocenters. The lowest BCUT2D eigenvalue weighted by Gasteiger charge is -2.27. The standard InChI is InChI=1S/C18H26ClFN2.2CH2O2/c1-21(2)15-7-13-9-16(10-14(13)8-15)22(3)11-12-5-4-6-17(19)18(12)20;2*2-1-3/h4-6,13-16H,7-11H2,1-3H3;2*1H,(H,2,3)/t13-,14+,15?,16?;;. The Morgan fingerprint density at radius 3 is 1.96 bits per heavy atom. The molecule has 3 rings (SSSR count). The molecule has 8 heteroatoms. The number of halogens is 2. The molecule has 0 radical (unpaired) electrons. The van der Waals surface area contributed by atoms with Gasteiger partial charge in [-0.25, -0.2) is 4.39 Å². The molecule has 2 aliphatic carbocycles. The third kappa shape index (κ3) is 6.72. The second-order valence-electron chi connectivity index (χ2n) is 7.57. The maximum Gasteiger partial charge on any atom is 0.290 e. The fourth-order valence-corrected chi connectivity index (χ4v) is 4.60. The topological polar surface area (TPSA) is 81.1 Å². The highest BCUT2D eigenvalue weighted by molar-refractivity contribution is 6.30. The zero-order chi connectivity index (χ0) is 21.3. The maximum absolute atomic E-state index is 14.1. The number of hydrogen-bond acceptors (Lipinski definition) is 4. The molecule has 1 aromatic carbocycles.